The fourth-order valence-electron chi connectivity index (χ4n) is 2.24. The van der Waals surface area contributed by atoms with Crippen molar-refractivity contribution in [2.24, 2.45) is 0 Å². The molecule has 0 spiro atoms. The normalized spacial score (nSPS) is 10.4. The molecule has 2 aromatic carbocycles. The van der Waals surface area contributed by atoms with Gasteiger partial charge < -0.3 is 0 Å². The zero-order valence-corrected chi connectivity index (χ0v) is 11.4. The van der Waals surface area contributed by atoms with Crippen molar-refractivity contribution >= 4 is 5.78 Å². The van der Waals surface area contributed by atoms with Gasteiger partial charge in [0.05, 0.1) is 0 Å². The first-order valence-corrected chi connectivity index (χ1v) is 6.95. The molecule has 0 heterocycles. The van der Waals surface area contributed by atoms with Gasteiger partial charge in [-0.15, -0.1) is 0 Å². The second-order valence-electron chi connectivity index (χ2n) is 4.86. The summed E-state index contributed by atoms with van der Waals surface area (Å²) in [5.74, 6) is 0.238. The summed E-state index contributed by atoms with van der Waals surface area (Å²) < 4.78 is 0. The standard InChI is InChI=1S/C18H20O/c1-2-7-16-10-6-11-17(14-16)18(19)13-12-15-8-4-3-5-9-15/h3-6,8-11,14H,2,7,12-13H2,1H3. The van der Waals surface area contributed by atoms with Crippen LogP contribution in [-0.2, 0) is 12.8 Å². The molecule has 0 atom stereocenters. The fourth-order valence-corrected chi connectivity index (χ4v) is 2.24. The molecule has 2 rings (SSSR count). The van der Waals surface area contributed by atoms with E-state index in [9.17, 15) is 4.79 Å². The van der Waals surface area contributed by atoms with Gasteiger partial charge in [-0.2, -0.15) is 0 Å². The van der Waals surface area contributed by atoms with Crippen LogP contribution < -0.4 is 0 Å². The monoisotopic (exact) mass is 252 g/mol. The Morgan fingerprint density at radius 3 is 2.37 bits per heavy atom. The molecule has 0 fully saturated rings. The van der Waals surface area contributed by atoms with Crippen molar-refractivity contribution in [2.45, 2.75) is 32.6 Å². The number of rotatable bonds is 6. The molecule has 0 aliphatic heterocycles. The quantitative estimate of drug-likeness (QED) is 0.694. The molecule has 19 heavy (non-hydrogen) atoms. The van der Waals surface area contributed by atoms with Crippen molar-refractivity contribution in [3.8, 4) is 0 Å². The maximum absolute atomic E-state index is 12.2. The van der Waals surface area contributed by atoms with Crippen LogP contribution in [0.1, 0.15) is 41.3 Å². The van der Waals surface area contributed by atoms with E-state index in [2.05, 4.69) is 25.1 Å². The molecule has 98 valence electrons. The predicted molar refractivity (Wildman–Crippen MR) is 79.5 cm³/mol. The van der Waals surface area contributed by atoms with Gasteiger partial charge in [-0.3, -0.25) is 4.79 Å². The Morgan fingerprint density at radius 2 is 1.63 bits per heavy atom. The zero-order chi connectivity index (χ0) is 13.5. The number of carbonyl (C=O) groups excluding carboxylic acids is 1. The largest absolute Gasteiger partial charge is 0.294 e. The van der Waals surface area contributed by atoms with Crippen molar-refractivity contribution < 1.29 is 4.79 Å². The lowest BCUT2D eigenvalue weighted by molar-refractivity contribution is 0.0982. The SMILES string of the molecule is CCCc1cccc(C(=O)CCc2ccccc2)c1. The van der Waals surface area contributed by atoms with E-state index in [4.69, 9.17) is 0 Å². The number of hydrogen-bond donors (Lipinski definition) is 0. The predicted octanol–water partition coefficient (Wildman–Crippen LogP) is 4.45. The van der Waals surface area contributed by atoms with E-state index in [1.165, 1.54) is 11.1 Å². The molecule has 0 saturated heterocycles. The van der Waals surface area contributed by atoms with Gasteiger partial charge in [-0.25, -0.2) is 0 Å². The maximum atomic E-state index is 12.2. The van der Waals surface area contributed by atoms with Crippen LogP contribution in [0.25, 0.3) is 0 Å². The minimum absolute atomic E-state index is 0.238. The smallest absolute Gasteiger partial charge is 0.163 e. The molecular weight excluding hydrogens is 232 g/mol. The molecule has 0 aliphatic rings. The second-order valence-corrected chi connectivity index (χ2v) is 4.86. The molecule has 0 N–H and O–H groups in total. The third-order valence-electron chi connectivity index (χ3n) is 3.27. The van der Waals surface area contributed by atoms with E-state index < -0.39 is 0 Å². The fraction of sp³-hybridized carbons (Fsp3) is 0.278. The highest BCUT2D eigenvalue weighted by Crippen LogP contribution is 2.12. The van der Waals surface area contributed by atoms with E-state index in [0.717, 1.165) is 24.8 Å². The first-order valence-electron chi connectivity index (χ1n) is 6.95. The van der Waals surface area contributed by atoms with Crippen LogP contribution in [-0.4, -0.2) is 5.78 Å². The second kappa shape index (κ2) is 6.89. The minimum Gasteiger partial charge on any atom is -0.294 e. The molecule has 0 aliphatic carbocycles. The van der Waals surface area contributed by atoms with Crippen LogP contribution in [0.3, 0.4) is 0 Å². The Hall–Kier alpha value is -1.89. The molecule has 0 aromatic heterocycles. The van der Waals surface area contributed by atoms with Gasteiger partial charge in [0.25, 0.3) is 0 Å². The van der Waals surface area contributed by atoms with Crippen LogP contribution in [0.4, 0.5) is 0 Å². The Kier molecular flexibility index (Phi) is 4.91. The summed E-state index contributed by atoms with van der Waals surface area (Å²) in [6.07, 6.45) is 3.55. The number of ketones is 1. The highest BCUT2D eigenvalue weighted by atomic mass is 16.1. The van der Waals surface area contributed by atoms with Gasteiger partial charge in [-0.05, 0) is 30.0 Å². The van der Waals surface area contributed by atoms with E-state index in [-0.39, 0.29) is 5.78 Å². The Balaban J connectivity index is 1.98. The molecule has 0 saturated carbocycles. The van der Waals surface area contributed by atoms with Crippen molar-refractivity contribution in [1.82, 2.24) is 0 Å². The summed E-state index contributed by atoms with van der Waals surface area (Å²) in [5.41, 5.74) is 3.33. The van der Waals surface area contributed by atoms with Crippen LogP contribution in [0.2, 0.25) is 0 Å². The molecule has 1 nitrogen and oxygen atoms in total. The first kappa shape index (κ1) is 13.5. The van der Waals surface area contributed by atoms with Gasteiger partial charge in [-0.1, -0.05) is 61.9 Å². The van der Waals surface area contributed by atoms with Gasteiger partial charge in [0.1, 0.15) is 0 Å². The highest BCUT2D eigenvalue weighted by Gasteiger charge is 2.06. The molecule has 0 radical (unpaired) electrons. The molecular formula is C18H20O. The van der Waals surface area contributed by atoms with Crippen LogP contribution in [0.15, 0.2) is 54.6 Å². The van der Waals surface area contributed by atoms with Gasteiger partial charge in [0.15, 0.2) is 5.78 Å². The summed E-state index contributed by atoms with van der Waals surface area (Å²) in [6.45, 7) is 2.16. The summed E-state index contributed by atoms with van der Waals surface area (Å²) in [6, 6.07) is 18.2. The Labute approximate surface area is 115 Å². The Morgan fingerprint density at radius 1 is 0.895 bits per heavy atom. The van der Waals surface area contributed by atoms with E-state index in [0.29, 0.717) is 6.42 Å². The van der Waals surface area contributed by atoms with Crippen LogP contribution >= 0.6 is 0 Å². The Bertz CT molecular complexity index is 528. The van der Waals surface area contributed by atoms with E-state index in [1.807, 2.05) is 36.4 Å². The van der Waals surface area contributed by atoms with E-state index >= 15 is 0 Å². The minimum atomic E-state index is 0.238. The number of hydrogen-bond acceptors (Lipinski definition) is 1. The van der Waals surface area contributed by atoms with Gasteiger partial charge in [0.2, 0.25) is 0 Å². The number of aryl methyl sites for hydroxylation is 2. The lowest BCUT2D eigenvalue weighted by atomic mass is 10.00. The lowest BCUT2D eigenvalue weighted by Gasteiger charge is -2.04. The van der Waals surface area contributed by atoms with Crippen molar-refractivity contribution in [3.05, 3.63) is 71.3 Å². The zero-order valence-electron chi connectivity index (χ0n) is 11.4. The van der Waals surface area contributed by atoms with Gasteiger partial charge >= 0.3 is 0 Å². The van der Waals surface area contributed by atoms with Crippen LogP contribution in [0.5, 0.6) is 0 Å². The summed E-state index contributed by atoms with van der Waals surface area (Å²) in [7, 11) is 0. The summed E-state index contributed by atoms with van der Waals surface area (Å²) in [5, 5.41) is 0. The number of carbonyl (C=O) groups is 1. The van der Waals surface area contributed by atoms with Crippen LogP contribution in [0, 0.1) is 0 Å². The van der Waals surface area contributed by atoms with Crippen molar-refractivity contribution in [1.29, 1.82) is 0 Å². The van der Waals surface area contributed by atoms with Crippen molar-refractivity contribution in [2.75, 3.05) is 0 Å². The van der Waals surface area contributed by atoms with Crippen molar-refractivity contribution in [3.63, 3.8) is 0 Å². The lowest BCUT2D eigenvalue weighted by Crippen LogP contribution is -2.02. The van der Waals surface area contributed by atoms with E-state index in [1.54, 1.807) is 0 Å². The molecule has 1 heteroatoms. The number of Topliss-reactive ketones (excluding diaryl/α,β-unsaturated/α-hetero) is 1. The summed E-state index contributed by atoms with van der Waals surface area (Å²) >= 11 is 0. The number of benzene rings is 2. The third kappa shape index (κ3) is 4.06. The average Bonchev–Trinajstić information content (AvgIpc) is 2.46. The maximum Gasteiger partial charge on any atom is 0.163 e. The topological polar surface area (TPSA) is 17.1 Å². The molecule has 0 unspecified atom stereocenters. The highest BCUT2D eigenvalue weighted by molar-refractivity contribution is 5.96. The molecule has 0 bridgehead atoms. The van der Waals surface area contributed by atoms with Gasteiger partial charge in [0, 0.05) is 12.0 Å². The average molecular weight is 252 g/mol. The first-order chi connectivity index (χ1) is 9.29. The third-order valence-corrected chi connectivity index (χ3v) is 3.27. The molecule has 0 amide bonds. The molecule has 2 aromatic rings. The summed E-state index contributed by atoms with van der Waals surface area (Å²) in [4.78, 5) is 12.2.